The molecular weight excluding hydrogens is 205 g/mol. The summed E-state index contributed by atoms with van der Waals surface area (Å²) in [6.45, 7) is 9.34. The van der Waals surface area contributed by atoms with Crippen molar-refractivity contribution in [2.45, 2.75) is 13.5 Å². The Morgan fingerprint density at radius 1 is 1.38 bits per heavy atom. The standard InChI is InChI=1S/C12H10FN3/c1-9-12(14-2)7-15-16(9)8-10-3-5-11(13)6-4-10/h3-7H,8H2,1H3. The molecule has 1 heterocycles. The molecule has 0 amide bonds. The van der Waals surface area contributed by atoms with Crippen LogP contribution in [0, 0.1) is 19.3 Å². The van der Waals surface area contributed by atoms with Crippen molar-refractivity contribution < 1.29 is 4.39 Å². The maximum absolute atomic E-state index is 12.7. The van der Waals surface area contributed by atoms with Crippen LogP contribution in [0.15, 0.2) is 30.5 Å². The van der Waals surface area contributed by atoms with Crippen molar-refractivity contribution in [3.8, 4) is 0 Å². The first kappa shape index (κ1) is 10.4. The van der Waals surface area contributed by atoms with E-state index in [1.165, 1.54) is 12.1 Å². The minimum Gasteiger partial charge on any atom is -0.277 e. The van der Waals surface area contributed by atoms with Crippen LogP contribution in [0.4, 0.5) is 10.1 Å². The van der Waals surface area contributed by atoms with Crippen LogP contribution in [0.5, 0.6) is 0 Å². The van der Waals surface area contributed by atoms with E-state index < -0.39 is 0 Å². The molecule has 0 spiro atoms. The smallest absolute Gasteiger partial charge is 0.227 e. The van der Waals surface area contributed by atoms with Gasteiger partial charge in [0.05, 0.1) is 19.3 Å². The summed E-state index contributed by atoms with van der Waals surface area (Å²) in [6, 6.07) is 6.27. The van der Waals surface area contributed by atoms with Gasteiger partial charge in [0.25, 0.3) is 0 Å². The van der Waals surface area contributed by atoms with E-state index in [2.05, 4.69) is 9.94 Å². The van der Waals surface area contributed by atoms with Crippen molar-refractivity contribution in [3.05, 3.63) is 59.0 Å². The van der Waals surface area contributed by atoms with Gasteiger partial charge in [-0.1, -0.05) is 12.1 Å². The molecule has 0 atom stereocenters. The van der Waals surface area contributed by atoms with Gasteiger partial charge in [0.15, 0.2) is 0 Å². The Bertz CT molecular complexity index is 534. The first-order chi connectivity index (χ1) is 7.70. The Morgan fingerprint density at radius 2 is 2.06 bits per heavy atom. The summed E-state index contributed by atoms with van der Waals surface area (Å²) in [5.74, 6) is -0.247. The molecule has 1 aromatic carbocycles. The van der Waals surface area contributed by atoms with Crippen molar-refractivity contribution in [2.24, 2.45) is 0 Å². The molecule has 0 unspecified atom stereocenters. The second-order valence-corrected chi connectivity index (χ2v) is 3.51. The Morgan fingerprint density at radius 3 is 2.62 bits per heavy atom. The minimum absolute atomic E-state index is 0.247. The number of nitrogens with zero attached hydrogens (tertiary/aromatic N) is 3. The van der Waals surface area contributed by atoms with Gasteiger partial charge in [-0.2, -0.15) is 5.10 Å². The van der Waals surface area contributed by atoms with E-state index in [1.807, 2.05) is 6.92 Å². The second kappa shape index (κ2) is 4.15. The van der Waals surface area contributed by atoms with Gasteiger partial charge in [-0.15, -0.1) is 0 Å². The van der Waals surface area contributed by atoms with Crippen LogP contribution in [-0.4, -0.2) is 9.78 Å². The predicted octanol–water partition coefficient (Wildman–Crippen LogP) is 2.93. The molecule has 0 N–H and O–H groups in total. The van der Waals surface area contributed by atoms with Gasteiger partial charge >= 0.3 is 0 Å². The normalized spacial score (nSPS) is 10.1. The average molecular weight is 215 g/mol. The molecule has 0 bridgehead atoms. The van der Waals surface area contributed by atoms with Gasteiger partial charge in [0.1, 0.15) is 5.82 Å². The van der Waals surface area contributed by atoms with Gasteiger partial charge in [0, 0.05) is 5.69 Å². The van der Waals surface area contributed by atoms with Crippen molar-refractivity contribution in [1.29, 1.82) is 0 Å². The Balaban J connectivity index is 2.24. The van der Waals surface area contributed by atoms with Crippen LogP contribution in [0.25, 0.3) is 4.85 Å². The van der Waals surface area contributed by atoms with Crippen molar-refractivity contribution >= 4 is 5.69 Å². The summed E-state index contributed by atoms with van der Waals surface area (Å²) in [5, 5.41) is 4.11. The van der Waals surface area contributed by atoms with Crippen LogP contribution in [0.3, 0.4) is 0 Å². The van der Waals surface area contributed by atoms with E-state index in [0.717, 1.165) is 11.3 Å². The van der Waals surface area contributed by atoms with E-state index in [4.69, 9.17) is 6.57 Å². The fourth-order valence-electron chi connectivity index (χ4n) is 1.47. The maximum atomic E-state index is 12.7. The molecule has 0 saturated heterocycles. The molecule has 0 fully saturated rings. The molecule has 80 valence electrons. The summed E-state index contributed by atoms with van der Waals surface area (Å²) < 4.78 is 14.4. The summed E-state index contributed by atoms with van der Waals surface area (Å²) in [6.07, 6.45) is 1.55. The third-order valence-electron chi connectivity index (χ3n) is 2.44. The third kappa shape index (κ3) is 1.94. The van der Waals surface area contributed by atoms with E-state index in [9.17, 15) is 4.39 Å². The number of aromatic nitrogens is 2. The quantitative estimate of drug-likeness (QED) is 0.706. The minimum atomic E-state index is -0.247. The summed E-state index contributed by atoms with van der Waals surface area (Å²) in [7, 11) is 0. The predicted molar refractivity (Wildman–Crippen MR) is 58.7 cm³/mol. The molecule has 4 heteroatoms. The van der Waals surface area contributed by atoms with Gasteiger partial charge in [-0.05, 0) is 24.6 Å². The zero-order valence-electron chi connectivity index (χ0n) is 8.81. The second-order valence-electron chi connectivity index (χ2n) is 3.51. The molecule has 2 aromatic rings. The number of hydrogen-bond acceptors (Lipinski definition) is 1. The molecule has 2 rings (SSSR count). The maximum Gasteiger partial charge on any atom is 0.227 e. The fourth-order valence-corrected chi connectivity index (χ4v) is 1.47. The number of benzene rings is 1. The highest BCUT2D eigenvalue weighted by Gasteiger charge is 2.05. The van der Waals surface area contributed by atoms with Crippen LogP contribution in [-0.2, 0) is 6.54 Å². The zero-order chi connectivity index (χ0) is 11.5. The van der Waals surface area contributed by atoms with Gasteiger partial charge in [0.2, 0.25) is 5.69 Å². The van der Waals surface area contributed by atoms with Crippen molar-refractivity contribution in [3.63, 3.8) is 0 Å². The Kier molecular flexibility index (Phi) is 2.69. The lowest BCUT2D eigenvalue weighted by Gasteiger charge is -2.04. The van der Waals surface area contributed by atoms with Crippen LogP contribution in [0.1, 0.15) is 11.3 Å². The monoisotopic (exact) mass is 215 g/mol. The fraction of sp³-hybridized carbons (Fsp3) is 0.167. The van der Waals surface area contributed by atoms with Crippen molar-refractivity contribution in [2.75, 3.05) is 0 Å². The first-order valence-corrected chi connectivity index (χ1v) is 4.85. The van der Waals surface area contributed by atoms with Crippen LogP contribution < -0.4 is 0 Å². The zero-order valence-corrected chi connectivity index (χ0v) is 8.81. The van der Waals surface area contributed by atoms with E-state index >= 15 is 0 Å². The van der Waals surface area contributed by atoms with Gasteiger partial charge in [-0.3, -0.25) is 4.68 Å². The molecule has 16 heavy (non-hydrogen) atoms. The average Bonchev–Trinajstić information content (AvgIpc) is 2.63. The molecule has 1 aromatic heterocycles. The third-order valence-corrected chi connectivity index (χ3v) is 2.44. The Hall–Kier alpha value is -2.15. The summed E-state index contributed by atoms with van der Waals surface area (Å²) in [5.41, 5.74) is 2.35. The largest absolute Gasteiger partial charge is 0.277 e. The first-order valence-electron chi connectivity index (χ1n) is 4.85. The molecule has 0 aliphatic rings. The SMILES string of the molecule is [C-]#[N+]c1cnn(Cc2ccc(F)cc2)c1C. The summed E-state index contributed by atoms with van der Waals surface area (Å²) >= 11 is 0. The number of halogens is 1. The van der Waals surface area contributed by atoms with Crippen molar-refractivity contribution in [1.82, 2.24) is 9.78 Å². The molecule has 0 aliphatic carbocycles. The Labute approximate surface area is 93.0 Å². The van der Waals surface area contributed by atoms with E-state index in [-0.39, 0.29) is 5.82 Å². The van der Waals surface area contributed by atoms with Gasteiger partial charge < -0.3 is 0 Å². The van der Waals surface area contributed by atoms with Crippen LogP contribution >= 0.6 is 0 Å². The van der Waals surface area contributed by atoms with Crippen LogP contribution in [0.2, 0.25) is 0 Å². The highest BCUT2D eigenvalue weighted by Crippen LogP contribution is 2.18. The molecule has 0 radical (unpaired) electrons. The van der Waals surface area contributed by atoms with Gasteiger partial charge in [-0.25, -0.2) is 9.24 Å². The molecular formula is C12H10FN3. The lowest BCUT2D eigenvalue weighted by atomic mass is 10.2. The lowest BCUT2D eigenvalue weighted by Crippen LogP contribution is -2.03. The molecule has 3 nitrogen and oxygen atoms in total. The highest BCUT2D eigenvalue weighted by molar-refractivity contribution is 5.46. The highest BCUT2D eigenvalue weighted by atomic mass is 19.1. The topological polar surface area (TPSA) is 22.2 Å². The van der Waals surface area contributed by atoms with E-state index in [0.29, 0.717) is 12.2 Å². The van der Waals surface area contributed by atoms with E-state index in [1.54, 1.807) is 23.0 Å². The molecule has 0 aliphatic heterocycles. The lowest BCUT2D eigenvalue weighted by molar-refractivity contribution is 0.623. The number of rotatable bonds is 2. The number of hydrogen-bond donors (Lipinski definition) is 0. The summed E-state index contributed by atoms with van der Waals surface area (Å²) in [4.78, 5) is 3.35. The molecule has 0 saturated carbocycles.